The van der Waals surface area contributed by atoms with E-state index >= 15 is 0 Å². The number of hydrogen-bond donors (Lipinski definition) is 2. The molecule has 0 aliphatic carbocycles. The summed E-state index contributed by atoms with van der Waals surface area (Å²) < 4.78 is 5.07. The number of ether oxygens (including phenoxy) is 1. The lowest BCUT2D eigenvalue weighted by molar-refractivity contribution is 0.0963. The van der Waals surface area contributed by atoms with E-state index in [1.54, 1.807) is 4.90 Å². The Morgan fingerprint density at radius 1 is 1.19 bits per heavy atom. The van der Waals surface area contributed by atoms with Crippen LogP contribution in [0.2, 0.25) is 0 Å². The number of nitrogens with zero attached hydrogens (tertiary/aromatic N) is 3. The fourth-order valence-electron chi connectivity index (χ4n) is 3.66. The molecule has 2 aliphatic rings. The first kappa shape index (κ1) is 23.3. The molecule has 1 atom stereocenters. The van der Waals surface area contributed by atoms with E-state index in [2.05, 4.69) is 27.4 Å². The Hall–Kier alpha value is -0.770. The first-order valence-electron chi connectivity index (χ1n) is 9.77. The normalized spacial score (nSPS) is 22.5. The molecule has 2 N–H and O–H groups in total. The number of carbonyl (C=O) groups is 1. The summed E-state index contributed by atoms with van der Waals surface area (Å²) in [4.78, 5) is 20.4. The second kappa shape index (κ2) is 12.6. The molecule has 2 heterocycles. The van der Waals surface area contributed by atoms with Crippen LogP contribution in [0.3, 0.4) is 0 Å². The van der Waals surface area contributed by atoms with Gasteiger partial charge in [-0.15, -0.1) is 24.0 Å². The van der Waals surface area contributed by atoms with E-state index in [1.807, 2.05) is 14.0 Å². The molecule has 0 aromatic heterocycles. The van der Waals surface area contributed by atoms with E-state index in [0.717, 1.165) is 45.0 Å². The van der Waals surface area contributed by atoms with Gasteiger partial charge in [0.15, 0.2) is 5.96 Å². The van der Waals surface area contributed by atoms with Crippen LogP contribution >= 0.6 is 24.0 Å². The molecule has 7 nitrogen and oxygen atoms in total. The van der Waals surface area contributed by atoms with Crippen molar-refractivity contribution >= 4 is 36.0 Å². The minimum Gasteiger partial charge on any atom is -0.450 e. The van der Waals surface area contributed by atoms with Crippen molar-refractivity contribution in [2.45, 2.75) is 45.6 Å². The van der Waals surface area contributed by atoms with Crippen LogP contribution in [0, 0.1) is 5.92 Å². The van der Waals surface area contributed by atoms with Gasteiger partial charge in [0, 0.05) is 39.3 Å². The van der Waals surface area contributed by atoms with Crippen molar-refractivity contribution < 1.29 is 9.53 Å². The molecular weight excluding hydrogens is 445 g/mol. The summed E-state index contributed by atoms with van der Waals surface area (Å²) in [5.41, 5.74) is 0. The molecule has 2 aliphatic heterocycles. The molecule has 8 heteroatoms. The van der Waals surface area contributed by atoms with E-state index in [1.165, 1.54) is 25.9 Å². The fraction of sp³-hybridized carbons (Fsp3) is 0.889. The molecule has 26 heavy (non-hydrogen) atoms. The zero-order chi connectivity index (χ0) is 18.1. The highest BCUT2D eigenvalue weighted by Crippen LogP contribution is 2.15. The number of likely N-dealkylation sites (tertiary alicyclic amines) is 2. The summed E-state index contributed by atoms with van der Waals surface area (Å²) in [7, 11) is 1.82. The van der Waals surface area contributed by atoms with Crippen molar-refractivity contribution in [1.29, 1.82) is 0 Å². The van der Waals surface area contributed by atoms with Gasteiger partial charge in [-0.2, -0.15) is 0 Å². The summed E-state index contributed by atoms with van der Waals surface area (Å²) in [6.45, 7) is 10.5. The highest BCUT2D eigenvalue weighted by atomic mass is 127. The predicted octanol–water partition coefficient (Wildman–Crippen LogP) is 2.12. The number of nitrogens with one attached hydrogen (secondary N) is 2. The molecule has 2 rings (SSSR count). The zero-order valence-electron chi connectivity index (χ0n) is 16.5. The Morgan fingerprint density at radius 2 is 1.92 bits per heavy atom. The van der Waals surface area contributed by atoms with Gasteiger partial charge in [0.1, 0.15) is 0 Å². The SMILES string of the molecule is CCOC(=O)N1CCC(NC(=NC)NCC2CCCN(CC)C2)CC1.I. The second-order valence-electron chi connectivity index (χ2n) is 6.96. The van der Waals surface area contributed by atoms with Crippen LogP contribution in [-0.4, -0.2) is 80.8 Å². The van der Waals surface area contributed by atoms with Crippen molar-refractivity contribution in [1.82, 2.24) is 20.4 Å². The topological polar surface area (TPSA) is 69.2 Å². The number of halogens is 1. The lowest BCUT2D eigenvalue weighted by Gasteiger charge is -2.34. The van der Waals surface area contributed by atoms with Gasteiger partial charge in [0.2, 0.25) is 0 Å². The number of amides is 1. The molecule has 152 valence electrons. The minimum absolute atomic E-state index is 0. The molecule has 0 radical (unpaired) electrons. The number of aliphatic imine (C=N–C) groups is 1. The van der Waals surface area contributed by atoms with Crippen LogP contribution in [0.5, 0.6) is 0 Å². The summed E-state index contributed by atoms with van der Waals surface area (Å²) in [5, 5.41) is 7.00. The van der Waals surface area contributed by atoms with Gasteiger partial charge in [0.05, 0.1) is 6.61 Å². The van der Waals surface area contributed by atoms with E-state index in [0.29, 0.717) is 18.6 Å². The number of piperidine rings is 2. The molecule has 0 bridgehead atoms. The van der Waals surface area contributed by atoms with E-state index in [4.69, 9.17) is 4.74 Å². The third kappa shape index (κ3) is 7.46. The Bertz CT molecular complexity index is 441. The second-order valence-corrected chi connectivity index (χ2v) is 6.96. The molecule has 1 unspecified atom stereocenters. The number of guanidine groups is 1. The first-order valence-corrected chi connectivity index (χ1v) is 9.77. The maximum Gasteiger partial charge on any atom is 0.409 e. The van der Waals surface area contributed by atoms with Gasteiger partial charge < -0.3 is 25.2 Å². The van der Waals surface area contributed by atoms with Crippen LogP contribution in [0.1, 0.15) is 39.5 Å². The van der Waals surface area contributed by atoms with Gasteiger partial charge in [-0.05, 0) is 51.6 Å². The maximum atomic E-state index is 11.8. The van der Waals surface area contributed by atoms with Crippen molar-refractivity contribution in [3.63, 3.8) is 0 Å². The molecule has 0 saturated carbocycles. The third-order valence-corrected chi connectivity index (χ3v) is 5.19. The highest BCUT2D eigenvalue weighted by molar-refractivity contribution is 14.0. The molecule has 2 fully saturated rings. The van der Waals surface area contributed by atoms with Crippen LogP contribution in [-0.2, 0) is 4.74 Å². The Labute approximate surface area is 175 Å². The number of carbonyl (C=O) groups excluding carboxylic acids is 1. The van der Waals surface area contributed by atoms with Crippen LogP contribution in [0.25, 0.3) is 0 Å². The van der Waals surface area contributed by atoms with Crippen LogP contribution in [0.4, 0.5) is 4.79 Å². The molecule has 1 amide bonds. The summed E-state index contributed by atoms with van der Waals surface area (Å²) in [5.74, 6) is 1.57. The first-order chi connectivity index (χ1) is 12.2. The smallest absolute Gasteiger partial charge is 0.409 e. The third-order valence-electron chi connectivity index (χ3n) is 5.19. The molecule has 0 aromatic rings. The molecule has 2 saturated heterocycles. The fourth-order valence-corrected chi connectivity index (χ4v) is 3.66. The van der Waals surface area contributed by atoms with Gasteiger partial charge in [-0.3, -0.25) is 4.99 Å². The van der Waals surface area contributed by atoms with Crippen molar-refractivity contribution in [2.75, 3.05) is 52.9 Å². The lowest BCUT2D eigenvalue weighted by atomic mass is 9.98. The summed E-state index contributed by atoms with van der Waals surface area (Å²) in [6, 6.07) is 0.357. The van der Waals surface area contributed by atoms with Crippen molar-refractivity contribution in [2.24, 2.45) is 10.9 Å². The van der Waals surface area contributed by atoms with E-state index in [-0.39, 0.29) is 30.1 Å². The highest BCUT2D eigenvalue weighted by Gasteiger charge is 2.24. The predicted molar refractivity (Wildman–Crippen MR) is 116 cm³/mol. The zero-order valence-corrected chi connectivity index (χ0v) is 18.8. The molecule has 0 spiro atoms. The maximum absolute atomic E-state index is 11.8. The number of rotatable bonds is 5. The minimum atomic E-state index is -0.193. The van der Waals surface area contributed by atoms with Crippen LogP contribution in [0.15, 0.2) is 4.99 Å². The van der Waals surface area contributed by atoms with Crippen molar-refractivity contribution in [3.8, 4) is 0 Å². The summed E-state index contributed by atoms with van der Waals surface area (Å²) >= 11 is 0. The number of hydrogen-bond acceptors (Lipinski definition) is 4. The Balaban J connectivity index is 0.00000338. The van der Waals surface area contributed by atoms with Gasteiger partial charge >= 0.3 is 6.09 Å². The van der Waals surface area contributed by atoms with Gasteiger partial charge in [0.25, 0.3) is 0 Å². The lowest BCUT2D eigenvalue weighted by Crippen LogP contribution is -2.51. The Morgan fingerprint density at radius 3 is 2.54 bits per heavy atom. The molecule has 0 aromatic carbocycles. The average Bonchev–Trinajstić information content (AvgIpc) is 2.66. The summed E-state index contributed by atoms with van der Waals surface area (Å²) in [6.07, 6.45) is 4.23. The standard InChI is InChI=1S/C18H35N5O2.HI/c1-4-22-10-6-7-15(14-22)13-20-17(19-3)21-16-8-11-23(12-9-16)18(24)25-5-2;/h15-16H,4-14H2,1-3H3,(H2,19,20,21);1H. The van der Waals surface area contributed by atoms with E-state index < -0.39 is 0 Å². The van der Waals surface area contributed by atoms with Crippen LogP contribution < -0.4 is 10.6 Å². The Kier molecular flexibility index (Phi) is 11.3. The largest absolute Gasteiger partial charge is 0.450 e. The van der Waals surface area contributed by atoms with Gasteiger partial charge in [-0.1, -0.05) is 6.92 Å². The average molecular weight is 481 g/mol. The monoisotopic (exact) mass is 481 g/mol. The van der Waals surface area contributed by atoms with Gasteiger partial charge in [-0.25, -0.2) is 4.79 Å². The quantitative estimate of drug-likeness (QED) is 0.358. The van der Waals surface area contributed by atoms with E-state index in [9.17, 15) is 4.79 Å². The molecular formula is C18H36IN5O2. The van der Waals surface area contributed by atoms with Crippen molar-refractivity contribution in [3.05, 3.63) is 0 Å².